The molecule has 0 aromatic heterocycles. The van der Waals surface area contributed by atoms with E-state index < -0.39 is 0 Å². The van der Waals surface area contributed by atoms with Gasteiger partial charge >= 0.3 is 0 Å². The minimum atomic E-state index is 0.0208. The normalized spacial score (nSPS) is 32.2. The summed E-state index contributed by atoms with van der Waals surface area (Å²) in [7, 11) is 1.81. The lowest BCUT2D eigenvalue weighted by Gasteiger charge is -2.36. The molecule has 1 rings (SSSR count). The molecule has 0 aliphatic carbocycles. The molecule has 11 heavy (non-hydrogen) atoms. The van der Waals surface area contributed by atoms with Crippen LogP contribution < -0.4 is 5.32 Å². The van der Waals surface area contributed by atoms with Crippen molar-refractivity contribution in [2.75, 3.05) is 13.7 Å². The standard InChI is InChI=1S/C9H19NO/c1-3-6-9(11-2)7-4-5-8-10-9/h10H,3-8H2,1-2H3. The predicted molar refractivity (Wildman–Crippen MR) is 46.5 cm³/mol. The van der Waals surface area contributed by atoms with Crippen molar-refractivity contribution >= 4 is 0 Å². The molecule has 2 heteroatoms. The Bertz CT molecular complexity index is 103. The minimum Gasteiger partial charge on any atom is -0.364 e. The van der Waals surface area contributed by atoms with E-state index in [2.05, 4.69) is 12.2 Å². The third-order valence-corrected chi connectivity index (χ3v) is 2.50. The molecule has 0 bridgehead atoms. The van der Waals surface area contributed by atoms with Gasteiger partial charge in [0.05, 0.1) is 0 Å². The van der Waals surface area contributed by atoms with Crippen molar-refractivity contribution in [2.45, 2.75) is 44.8 Å². The van der Waals surface area contributed by atoms with Gasteiger partial charge in [-0.1, -0.05) is 13.3 Å². The molecule has 0 spiro atoms. The van der Waals surface area contributed by atoms with Crippen LogP contribution in [0.1, 0.15) is 39.0 Å². The molecule has 1 N–H and O–H groups in total. The Kier molecular flexibility index (Phi) is 3.34. The fourth-order valence-corrected chi connectivity index (χ4v) is 1.83. The van der Waals surface area contributed by atoms with Crippen molar-refractivity contribution < 1.29 is 4.74 Å². The first-order chi connectivity index (χ1) is 5.33. The Labute approximate surface area is 69.3 Å². The Morgan fingerprint density at radius 2 is 2.27 bits per heavy atom. The Balaban J connectivity index is 2.42. The van der Waals surface area contributed by atoms with Crippen LogP contribution in [-0.4, -0.2) is 19.4 Å². The van der Waals surface area contributed by atoms with E-state index in [0.717, 1.165) is 13.0 Å². The fraction of sp³-hybridized carbons (Fsp3) is 1.00. The second-order valence-electron chi connectivity index (χ2n) is 3.33. The molecule has 1 saturated heterocycles. The number of ether oxygens (including phenoxy) is 1. The van der Waals surface area contributed by atoms with Gasteiger partial charge in [0.15, 0.2) is 0 Å². The van der Waals surface area contributed by atoms with Crippen LogP contribution in [-0.2, 0) is 4.74 Å². The molecule has 2 nitrogen and oxygen atoms in total. The lowest BCUT2D eigenvalue weighted by Crippen LogP contribution is -2.49. The summed E-state index contributed by atoms with van der Waals surface area (Å²) in [5.74, 6) is 0. The largest absolute Gasteiger partial charge is 0.364 e. The van der Waals surface area contributed by atoms with Crippen molar-refractivity contribution in [1.82, 2.24) is 5.32 Å². The maximum absolute atomic E-state index is 5.51. The maximum Gasteiger partial charge on any atom is 0.118 e. The van der Waals surface area contributed by atoms with Crippen LogP contribution in [0.4, 0.5) is 0 Å². The summed E-state index contributed by atoms with van der Waals surface area (Å²) in [6.45, 7) is 3.32. The van der Waals surface area contributed by atoms with E-state index in [0.29, 0.717) is 0 Å². The van der Waals surface area contributed by atoms with Crippen LogP contribution in [0.15, 0.2) is 0 Å². The van der Waals surface area contributed by atoms with Gasteiger partial charge in [0.2, 0.25) is 0 Å². The number of hydrogen-bond acceptors (Lipinski definition) is 2. The molecule has 1 fully saturated rings. The SMILES string of the molecule is CCCC1(OC)CCCCN1. The molecule has 0 radical (unpaired) electrons. The summed E-state index contributed by atoms with van der Waals surface area (Å²) in [6.07, 6.45) is 6.12. The highest BCUT2D eigenvalue weighted by molar-refractivity contribution is 4.80. The summed E-state index contributed by atoms with van der Waals surface area (Å²) in [5, 5.41) is 3.46. The van der Waals surface area contributed by atoms with Gasteiger partial charge in [-0.15, -0.1) is 0 Å². The van der Waals surface area contributed by atoms with Gasteiger partial charge < -0.3 is 4.74 Å². The molecular weight excluding hydrogens is 138 g/mol. The van der Waals surface area contributed by atoms with Crippen molar-refractivity contribution in [3.63, 3.8) is 0 Å². The molecule has 1 aliphatic heterocycles. The minimum absolute atomic E-state index is 0.0208. The molecule has 0 amide bonds. The van der Waals surface area contributed by atoms with E-state index in [1.807, 2.05) is 7.11 Å². The first-order valence-corrected chi connectivity index (χ1v) is 4.63. The second kappa shape index (κ2) is 4.07. The van der Waals surface area contributed by atoms with Gasteiger partial charge in [-0.05, 0) is 32.2 Å². The molecule has 1 heterocycles. The molecule has 0 saturated carbocycles. The van der Waals surface area contributed by atoms with Crippen LogP contribution in [0.5, 0.6) is 0 Å². The van der Waals surface area contributed by atoms with Crippen LogP contribution in [0.2, 0.25) is 0 Å². The third-order valence-electron chi connectivity index (χ3n) is 2.50. The number of piperidine rings is 1. The molecule has 1 unspecified atom stereocenters. The van der Waals surface area contributed by atoms with E-state index in [1.165, 1.54) is 25.7 Å². The first-order valence-electron chi connectivity index (χ1n) is 4.63. The van der Waals surface area contributed by atoms with Gasteiger partial charge in [0, 0.05) is 7.11 Å². The van der Waals surface area contributed by atoms with Crippen LogP contribution in [0.25, 0.3) is 0 Å². The highest BCUT2D eigenvalue weighted by atomic mass is 16.5. The van der Waals surface area contributed by atoms with Gasteiger partial charge in [-0.3, -0.25) is 5.32 Å². The van der Waals surface area contributed by atoms with E-state index in [9.17, 15) is 0 Å². The van der Waals surface area contributed by atoms with Crippen molar-refractivity contribution in [3.05, 3.63) is 0 Å². The van der Waals surface area contributed by atoms with E-state index >= 15 is 0 Å². The summed E-state index contributed by atoms with van der Waals surface area (Å²) in [4.78, 5) is 0. The molecule has 0 aromatic rings. The molecule has 66 valence electrons. The molecular formula is C9H19NO. The number of methoxy groups -OCH3 is 1. The Morgan fingerprint density at radius 3 is 2.73 bits per heavy atom. The highest BCUT2D eigenvalue weighted by Gasteiger charge is 2.29. The van der Waals surface area contributed by atoms with Gasteiger partial charge in [0.25, 0.3) is 0 Å². The third kappa shape index (κ3) is 2.17. The van der Waals surface area contributed by atoms with Crippen LogP contribution >= 0.6 is 0 Å². The smallest absolute Gasteiger partial charge is 0.118 e. The number of nitrogens with one attached hydrogen (secondary N) is 1. The van der Waals surface area contributed by atoms with Crippen LogP contribution in [0, 0.1) is 0 Å². The molecule has 1 atom stereocenters. The quantitative estimate of drug-likeness (QED) is 0.675. The van der Waals surface area contributed by atoms with E-state index in [1.54, 1.807) is 0 Å². The zero-order valence-corrected chi connectivity index (χ0v) is 7.65. The predicted octanol–water partition coefficient (Wildman–Crippen LogP) is 1.90. The Morgan fingerprint density at radius 1 is 1.45 bits per heavy atom. The number of rotatable bonds is 3. The van der Waals surface area contributed by atoms with Gasteiger partial charge in [-0.25, -0.2) is 0 Å². The lowest BCUT2D eigenvalue weighted by atomic mass is 9.96. The summed E-state index contributed by atoms with van der Waals surface area (Å²) < 4.78 is 5.51. The lowest BCUT2D eigenvalue weighted by molar-refractivity contribution is -0.0653. The van der Waals surface area contributed by atoms with Crippen LogP contribution in [0.3, 0.4) is 0 Å². The van der Waals surface area contributed by atoms with E-state index in [-0.39, 0.29) is 5.72 Å². The van der Waals surface area contributed by atoms with E-state index in [4.69, 9.17) is 4.74 Å². The monoisotopic (exact) mass is 157 g/mol. The summed E-state index contributed by atoms with van der Waals surface area (Å²) in [6, 6.07) is 0. The average Bonchev–Trinajstić information content (AvgIpc) is 2.07. The molecule has 0 aromatic carbocycles. The Hall–Kier alpha value is -0.0800. The van der Waals surface area contributed by atoms with Crippen molar-refractivity contribution in [3.8, 4) is 0 Å². The average molecular weight is 157 g/mol. The van der Waals surface area contributed by atoms with Crippen molar-refractivity contribution in [2.24, 2.45) is 0 Å². The first kappa shape index (κ1) is 9.01. The fourth-order valence-electron chi connectivity index (χ4n) is 1.83. The zero-order chi connectivity index (χ0) is 8.16. The zero-order valence-electron chi connectivity index (χ0n) is 7.65. The van der Waals surface area contributed by atoms with Crippen molar-refractivity contribution in [1.29, 1.82) is 0 Å². The highest BCUT2D eigenvalue weighted by Crippen LogP contribution is 2.24. The topological polar surface area (TPSA) is 21.3 Å². The summed E-state index contributed by atoms with van der Waals surface area (Å²) in [5.41, 5.74) is 0.0208. The number of hydrogen-bond donors (Lipinski definition) is 1. The maximum atomic E-state index is 5.51. The van der Waals surface area contributed by atoms with Gasteiger partial charge in [0.1, 0.15) is 5.72 Å². The van der Waals surface area contributed by atoms with Gasteiger partial charge in [-0.2, -0.15) is 0 Å². The summed E-state index contributed by atoms with van der Waals surface area (Å²) >= 11 is 0. The molecule has 1 aliphatic rings. The second-order valence-corrected chi connectivity index (χ2v) is 3.33.